The van der Waals surface area contributed by atoms with E-state index in [-0.39, 0.29) is 11.5 Å². The number of benzene rings is 2. The minimum Gasteiger partial charge on any atom is -0.504 e. The van der Waals surface area contributed by atoms with E-state index in [1.54, 1.807) is 18.2 Å². The number of rotatable bonds is 1. The second-order valence-electron chi connectivity index (χ2n) is 3.03. The van der Waals surface area contributed by atoms with Crippen LogP contribution >= 0.6 is 0 Å². The lowest BCUT2D eigenvalue weighted by Crippen LogP contribution is -1.82. The van der Waals surface area contributed by atoms with Gasteiger partial charge < -0.3 is 10.2 Å². The molecule has 2 aromatic rings. The number of hydrogen-bond acceptors (Lipinski definition) is 3. The summed E-state index contributed by atoms with van der Waals surface area (Å²) in [5.41, 5.74) is 0.498. The van der Waals surface area contributed by atoms with Gasteiger partial charge in [-0.2, -0.15) is 0 Å². The molecular weight excluding hydrogens is 180 g/mol. The lowest BCUT2D eigenvalue weighted by atomic mass is 10.0. The monoisotopic (exact) mass is 188 g/mol. The van der Waals surface area contributed by atoms with Crippen LogP contribution < -0.4 is 0 Å². The third kappa shape index (κ3) is 1.19. The van der Waals surface area contributed by atoms with E-state index in [4.69, 9.17) is 0 Å². The van der Waals surface area contributed by atoms with Crippen LogP contribution in [0, 0.1) is 0 Å². The van der Waals surface area contributed by atoms with E-state index in [1.807, 2.05) is 0 Å². The van der Waals surface area contributed by atoms with Crippen LogP contribution in [0.4, 0.5) is 0 Å². The number of carbonyl (C=O) groups is 1. The van der Waals surface area contributed by atoms with E-state index >= 15 is 0 Å². The molecule has 3 nitrogen and oxygen atoms in total. The average Bonchev–Trinajstić information content (AvgIpc) is 2.19. The Bertz CT molecular complexity index is 503. The molecule has 0 radical (unpaired) electrons. The largest absolute Gasteiger partial charge is 0.504 e. The Balaban J connectivity index is 2.88. The second-order valence-corrected chi connectivity index (χ2v) is 3.03. The maximum absolute atomic E-state index is 10.7. The minimum absolute atomic E-state index is 0.180. The van der Waals surface area contributed by atoms with E-state index in [0.29, 0.717) is 10.9 Å². The maximum Gasteiger partial charge on any atom is 0.158 e. The summed E-state index contributed by atoms with van der Waals surface area (Å²) in [6.07, 6.45) is 0.721. The highest BCUT2D eigenvalue weighted by Gasteiger charge is 2.04. The van der Waals surface area contributed by atoms with Crippen LogP contribution in [-0.2, 0) is 0 Å². The van der Waals surface area contributed by atoms with Crippen molar-refractivity contribution in [3.63, 3.8) is 0 Å². The quantitative estimate of drug-likeness (QED) is 0.532. The number of carbonyl (C=O) groups excluding carboxylic acids is 1. The van der Waals surface area contributed by atoms with Gasteiger partial charge >= 0.3 is 0 Å². The van der Waals surface area contributed by atoms with Gasteiger partial charge in [0.1, 0.15) is 0 Å². The Hall–Kier alpha value is -2.03. The number of aldehydes is 1. The standard InChI is InChI=1S/C11H8O3/c12-6-8-3-1-2-7-4-10(13)11(14)5-9(7)8/h1-6,13-14H. The molecule has 0 saturated heterocycles. The van der Waals surface area contributed by atoms with Crippen LogP contribution in [0.25, 0.3) is 10.8 Å². The Labute approximate surface area is 80.2 Å². The normalized spacial score (nSPS) is 10.3. The average molecular weight is 188 g/mol. The zero-order valence-corrected chi connectivity index (χ0v) is 7.27. The van der Waals surface area contributed by atoms with E-state index in [0.717, 1.165) is 11.7 Å². The summed E-state index contributed by atoms with van der Waals surface area (Å²) in [7, 11) is 0. The van der Waals surface area contributed by atoms with Crippen molar-refractivity contribution in [2.45, 2.75) is 0 Å². The molecule has 3 heteroatoms. The Morgan fingerprint density at radius 1 is 1.07 bits per heavy atom. The van der Waals surface area contributed by atoms with Crippen molar-refractivity contribution in [1.29, 1.82) is 0 Å². The summed E-state index contributed by atoms with van der Waals surface area (Å²) in [4.78, 5) is 10.7. The molecule has 0 aliphatic heterocycles. The molecule has 0 aliphatic rings. The molecule has 14 heavy (non-hydrogen) atoms. The Kier molecular flexibility index (Phi) is 1.85. The first-order valence-corrected chi connectivity index (χ1v) is 4.12. The SMILES string of the molecule is O=Cc1cccc2cc(O)c(O)cc12. The van der Waals surface area contributed by atoms with E-state index in [9.17, 15) is 15.0 Å². The molecule has 0 amide bonds. The minimum atomic E-state index is -0.216. The third-order valence-corrected chi connectivity index (χ3v) is 2.14. The highest BCUT2D eigenvalue weighted by Crippen LogP contribution is 2.31. The zero-order valence-electron chi connectivity index (χ0n) is 7.27. The van der Waals surface area contributed by atoms with Gasteiger partial charge in [-0.05, 0) is 22.9 Å². The van der Waals surface area contributed by atoms with Gasteiger partial charge in [0.2, 0.25) is 0 Å². The first kappa shape index (κ1) is 8.56. The van der Waals surface area contributed by atoms with Gasteiger partial charge in [-0.1, -0.05) is 18.2 Å². The Morgan fingerprint density at radius 2 is 1.79 bits per heavy atom. The molecule has 0 bridgehead atoms. The van der Waals surface area contributed by atoms with Crippen molar-refractivity contribution in [2.24, 2.45) is 0 Å². The first-order chi connectivity index (χ1) is 6.72. The van der Waals surface area contributed by atoms with Crippen LogP contribution in [0.5, 0.6) is 11.5 Å². The summed E-state index contributed by atoms with van der Waals surface area (Å²) in [6.45, 7) is 0. The third-order valence-electron chi connectivity index (χ3n) is 2.14. The summed E-state index contributed by atoms with van der Waals surface area (Å²) in [5.74, 6) is -0.396. The van der Waals surface area contributed by atoms with Crippen molar-refractivity contribution in [1.82, 2.24) is 0 Å². The van der Waals surface area contributed by atoms with Gasteiger partial charge in [0.05, 0.1) is 0 Å². The number of phenols is 2. The lowest BCUT2D eigenvalue weighted by Gasteiger charge is -2.03. The summed E-state index contributed by atoms with van der Waals surface area (Å²) in [6, 6.07) is 7.96. The predicted octanol–water partition coefficient (Wildman–Crippen LogP) is 2.06. The van der Waals surface area contributed by atoms with Crippen LogP contribution in [0.3, 0.4) is 0 Å². The summed E-state index contributed by atoms with van der Waals surface area (Å²) >= 11 is 0. The van der Waals surface area contributed by atoms with Crippen molar-refractivity contribution in [2.75, 3.05) is 0 Å². The highest BCUT2D eigenvalue weighted by molar-refractivity contribution is 5.99. The molecule has 0 atom stereocenters. The van der Waals surface area contributed by atoms with Gasteiger partial charge in [0.25, 0.3) is 0 Å². The molecule has 2 rings (SSSR count). The van der Waals surface area contributed by atoms with E-state index in [2.05, 4.69) is 0 Å². The molecule has 0 unspecified atom stereocenters. The maximum atomic E-state index is 10.7. The first-order valence-electron chi connectivity index (χ1n) is 4.12. The summed E-state index contributed by atoms with van der Waals surface area (Å²) < 4.78 is 0. The zero-order chi connectivity index (χ0) is 10.1. The molecule has 0 fully saturated rings. The molecule has 0 heterocycles. The van der Waals surface area contributed by atoms with Gasteiger partial charge in [-0.15, -0.1) is 0 Å². The van der Waals surface area contributed by atoms with Crippen LogP contribution in [0.2, 0.25) is 0 Å². The molecular formula is C11H8O3. The fraction of sp³-hybridized carbons (Fsp3) is 0. The molecule has 0 aliphatic carbocycles. The number of aromatic hydroxyl groups is 2. The lowest BCUT2D eigenvalue weighted by molar-refractivity contribution is 0.112. The van der Waals surface area contributed by atoms with Gasteiger partial charge in [-0.3, -0.25) is 4.79 Å². The fourth-order valence-corrected chi connectivity index (χ4v) is 1.43. The van der Waals surface area contributed by atoms with Crippen LogP contribution in [0.1, 0.15) is 10.4 Å². The molecule has 70 valence electrons. The molecule has 2 N–H and O–H groups in total. The molecule has 0 spiro atoms. The summed E-state index contributed by atoms with van der Waals surface area (Å²) in [5, 5.41) is 19.9. The van der Waals surface area contributed by atoms with Crippen LogP contribution in [0.15, 0.2) is 30.3 Å². The second kappa shape index (κ2) is 3.03. The van der Waals surface area contributed by atoms with Crippen molar-refractivity contribution in [3.8, 4) is 11.5 Å². The number of fused-ring (bicyclic) bond motifs is 1. The van der Waals surface area contributed by atoms with Crippen LogP contribution in [-0.4, -0.2) is 16.5 Å². The Morgan fingerprint density at radius 3 is 2.50 bits per heavy atom. The van der Waals surface area contributed by atoms with Crippen molar-refractivity contribution in [3.05, 3.63) is 35.9 Å². The van der Waals surface area contributed by atoms with E-state index in [1.165, 1.54) is 12.1 Å². The van der Waals surface area contributed by atoms with E-state index < -0.39 is 0 Å². The molecule has 0 saturated carbocycles. The predicted molar refractivity (Wildman–Crippen MR) is 52.7 cm³/mol. The number of hydrogen-bond donors (Lipinski definition) is 2. The number of phenolic OH excluding ortho intramolecular Hbond substituents is 2. The van der Waals surface area contributed by atoms with Gasteiger partial charge in [0, 0.05) is 5.56 Å². The smallest absolute Gasteiger partial charge is 0.158 e. The fourth-order valence-electron chi connectivity index (χ4n) is 1.43. The molecule has 0 aromatic heterocycles. The highest BCUT2D eigenvalue weighted by atomic mass is 16.3. The van der Waals surface area contributed by atoms with Crippen molar-refractivity contribution >= 4 is 17.1 Å². The van der Waals surface area contributed by atoms with Crippen molar-refractivity contribution < 1.29 is 15.0 Å². The topological polar surface area (TPSA) is 57.5 Å². The molecule has 2 aromatic carbocycles. The van der Waals surface area contributed by atoms with Gasteiger partial charge in [-0.25, -0.2) is 0 Å². The van der Waals surface area contributed by atoms with Gasteiger partial charge in [0.15, 0.2) is 17.8 Å².